The summed E-state index contributed by atoms with van der Waals surface area (Å²) >= 11 is 0. The van der Waals surface area contributed by atoms with Gasteiger partial charge in [-0.1, -0.05) is 42.5 Å². The van der Waals surface area contributed by atoms with E-state index in [-0.39, 0.29) is 11.9 Å². The van der Waals surface area contributed by atoms with Gasteiger partial charge in [-0.3, -0.25) is 4.79 Å². The highest BCUT2D eigenvalue weighted by molar-refractivity contribution is 5.96. The van der Waals surface area contributed by atoms with Crippen molar-refractivity contribution in [2.75, 3.05) is 13.7 Å². The number of rotatable bonds is 4. The minimum atomic E-state index is -0.144. The van der Waals surface area contributed by atoms with Crippen LogP contribution in [0, 0.1) is 6.92 Å². The zero-order chi connectivity index (χ0) is 21.4. The fourth-order valence-corrected chi connectivity index (χ4v) is 4.37. The number of amides is 1. The summed E-state index contributed by atoms with van der Waals surface area (Å²) in [6.45, 7) is 2.68. The van der Waals surface area contributed by atoms with Crippen LogP contribution in [0.2, 0.25) is 0 Å². The normalized spacial score (nSPS) is 16.1. The van der Waals surface area contributed by atoms with Gasteiger partial charge in [0.05, 0.1) is 7.11 Å². The first kappa shape index (κ1) is 19.4. The monoisotopic (exact) mass is 412 g/mol. The molecule has 0 bridgehead atoms. The molecule has 3 aromatic carbocycles. The van der Waals surface area contributed by atoms with Crippen molar-refractivity contribution in [2.24, 2.45) is 0 Å². The Bertz CT molecular complexity index is 1260. The van der Waals surface area contributed by atoms with Crippen LogP contribution < -0.4 is 4.74 Å². The summed E-state index contributed by atoms with van der Waals surface area (Å²) < 4.78 is 11.6. The van der Waals surface area contributed by atoms with Crippen LogP contribution in [0.4, 0.5) is 0 Å². The number of fused-ring (bicyclic) bond motifs is 1. The Hall–Kier alpha value is -3.60. The second-order valence-electron chi connectivity index (χ2n) is 7.91. The quantitative estimate of drug-likeness (QED) is 0.426. The molecule has 1 aromatic heterocycles. The molecule has 0 unspecified atom stereocenters. The Labute approximate surface area is 181 Å². The molecule has 0 aliphatic carbocycles. The van der Waals surface area contributed by atoms with Gasteiger partial charge >= 0.3 is 0 Å². The highest BCUT2D eigenvalue weighted by Crippen LogP contribution is 2.36. The molecule has 5 heteroatoms. The van der Waals surface area contributed by atoms with E-state index in [2.05, 4.69) is 0 Å². The summed E-state index contributed by atoms with van der Waals surface area (Å²) in [6, 6.07) is 21.5. The van der Waals surface area contributed by atoms with Gasteiger partial charge in [-0.05, 0) is 55.2 Å². The average Bonchev–Trinajstić information content (AvgIpc) is 3.45. The van der Waals surface area contributed by atoms with Gasteiger partial charge in [0.2, 0.25) is 5.89 Å². The smallest absolute Gasteiger partial charge is 0.254 e. The van der Waals surface area contributed by atoms with Crippen LogP contribution in [-0.2, 0) is 0 Å². The standard InChI is InChI=1S/C26H24N2O3/c1-17-8-3-4-9-19(17)26(29)28-15-7-11-22(28)25-27-21-16-18(13-14-24(21)31-25)20-10-5-6-12-23(20)30-2/h3-6,8-10,12-14,16,22H,7,11,15H2,1-2H3/t22-/m0/s1. The Morgan fingerprint density at radius 1 is 1.10 bits per heavy atom. The summed E-state index contributed by atoms with van der Waals surface area (Å²) in [5.74, 6) is 1.46. The lowest BCUT2D eigenvalue weighted by atomic mass is 10.0. The van der Waals surface area contributed by atoms with Crippen LogP contribution in [0.3, 0.4) is 0 Å². The lowest BCUT2D eigenvalue weighted by Gasteiger charge is -2.23. The number of benzene rings is 3. The number of carbonyl (C=O) groups is 1. The third-order valence-corrected chi connectivity index (χ3v) is 6.00. The van der Waals surface area contributed by atoms with Crippen molar-refractivity contribution < 1.29 is 13.9 Å². The molecule has 1 saturated heterocycles. The van der Waals surface area contributed by atoms with Gasteiger partial charge in [-0.15, -0.1) is 0 Å². The van der Waals surface area contributed by atoms with E-state index < -0.39 is 0 Å². The summed E-state index contributed by atoms with van der Waals surface area (Å²) in [5.41, 5.74) is 5.26. The molecular formula is C26H24N2O3. The highest BCUT2D eigenvalue weighted by atomic mass is 16.5. The van der Waals surface area contributed by atoms with E-state index in [0.717, 1.165) is 51.9 Å². The van der Waals surface area contributed by atoms with E-state index in [1.165, 1.54) is 0 Å². The lowest BCUT2D eigenvalue weighted by molar-refractivity contribution is 0.0716. The number of aromatic nitrogens is 1. The zero-order valence-corrected chi connectivity index (χ0v) is 17.7. The summed E-state index contributed by atoms with van der Waals surface area (Å²) in [5, 5.41) is 0. The first-order chi connectivity index (χ1) is 15.2. The molecule has 0 spiro atoms. The van der Waals surface area contributed by atoms with Crippen molar-refractivity contribution in [3.8, 4) is 16.9 Å². The van der Waals surface area contributed by atoms with E-state index in [1.54, 1.807) is 7.11 Å². The lowest BCUT2D eigenvalue weighted by Crippen LogP contribution is -2.31. The van der Waals surface area contributed by atoms with Crippen LogP contribution >= 0.6 is 0 Å². The molecular weight excluding hydrogens is 388 g/mol. The first-order valence-electron chi connectivity index (χ1n) is 10.6. The minimum Gasteiger partial charge on any atom is -0.496 e. The van der Waals surface area contributed by atoms with Gasteiger partial charge in [0, 0.05) is 17.7 Å². The van der Waals surface area contributed by atoms with Crippen molar-refractivity contribution >= 4 is 17.0 Å². The number of hydrogen-bond acceptors (Lipinski definition) is 4. The number of ether oxygens (including phenoxy) is 1. The van der Waals surface area contributed by atoms with Crippen molar-refractivity contribution in [3.63, 3.8) is 0 Å². The molecule has 0 N–H and O–H groups in total. The number of hydrogen-bond donors (Lipinski definition) is 0. The van der Waals surface area contributed by atoms with Crippen molar-refractivity contribution in [2.45, 2.75) is 25.8 Å². The van der Waals surface area contributed by atoms with Crippen LogP contribution in [-0.4, -0.2) is 29.4 Å². The van der Waals surface area contributed by atoms with Crippen molar-refractivity contribution in [1.29, 1.82) is 0 Å². The van der Waals surface area contributed by atoms with Crippen molar-refractivity contribution in [1.82, 2.24) is 9.88 Å². The number of para-hydroxylation sites is 1. The molecule has 0 radical (unpaired) electrons. The first-order valence-corrected chi connectivity index (χ1v) is 10.6. The van der Waals surface area contributed by atoms with E-state index in [4.69, 9.17) is 14.1 Å². The topological polar surface area (TPSA) is 55.6 Å². The highest BCUT2D eigenvalue weighted by Gasteiger charge is 2.34. The van der Waals surface area contributed by atoms with Crippen LogP contribution in [0.15, 0.2) is 71.1 Å². The number of likely N-dealkylation sites (tertiary alicyclic amines) is 1. The number of methoxy groups -OCH3 is 1. The van der Waals surface area contributed by atoms with Crippen LogP contribution in [0.1, 0.15) is 40.7 Å². The molecule has 1 fully saturated rings. The zero-order valence-electron chi connectivity index (χ0n) is 17.7. The van der Waals surface area contributed by atoms with E-state index in [1.807, 2.05) is 78.6 Å². The van der Waals surface area contributed by atoms with Gasteiger partial charge < -0.3 is 14.1 Å². The maximum Gasteiger partial charge on any atom is 0.254 e. The molecule has 5 rings (SSSR count). The van der Waals surface area contributed by atoms with Gasteiger partial charge in [0.1, 0.15) is 17.3 Å². The van der Waals surface area contributed by atoms with Gasteiger partial charge in [-0.2, -0.15) is 0 Å². The molecule has 1 atom stereocenters. The molecule has 5 nitrogen and oxygen atoms in total. The second kappa shape index (κ2) is 7.91. The van der Waals surface area contributed by atoms with E-state index in [0.29, 0.717) is 12.4 Å². The Balaban J connectivity index is 1.49. The van der Waals surface area contributed by atoms with Gasteiger partial charge in [-0.25, -0.2) is 4.98 Å². The Kier molecular flexibility index (Phi) is 4.94. The molecule has 4 aromatic rings. The predicted octanol–water partition coefficient (Wildman–Crippen LogP) is 5.79. The molecule has 31 heavy (non-hydrogen) atoms. The maximum atomic E-state index is 13.2. The van der Waals surface area contributed by atoms with Crippen molar-refractivity contribution in [3.05, 3.63) is 83.7 Å². The van der Waals surface area contributed by atoms with Crippen LogP contribution in [0.5, 0.6) is 5.75 Å². The second-order valence-corrected chi connectivity index (χ2v) is 7.91. The minimum absolute atomic E-state index is 0.0394. The summed E-state index contributed by atoms with van der Waals surface area (Å²) in [6.07, 6.45) is 1.79. The van der Waals surface area contributed by atoms with Crippen LogP contribution in [0.25, 0.3) is 22.2 Å². The molecule has 1 amide bonds. The number of carbonyl (C=O) groups excluding carboxylic acids is 1. The summed E-state index contributed by atoms with van der Waals surface area (Å²) in [7, 11) is 1.67. The molecule has 1 aliphatic rings. The van der Waals surface area contributed by atoms with E-state index >= 15 is 0 Å². The number of nitrogens with zero attached hydrogens (tertiary/aromatic N) is 2. The number of aryl methyl sites for hydroxylation is 1. The predicted molar refractivity (Wildman–Crippen MR) is 120 cm³/mol. The fraction of sp³-hybridized carbons (Fsp3) is 0.231. The third kappa shape index (κ3) is 3.46. The average molecular weight is 412 g/mol. The summed E-state index contributed by atoms with van der Waals surface area (Å²) in [4.78, 5) is 19.9. The fourth-order valence-electron chi connectivity index (χ4n) is 4.37. The largest absolute Gasteiger partial charge is 0.496 e. The molecule has 2 heterocycles. The third-order valence-electron chi connectivity index (χ3n) is 6.00. The molecule has 1 aliphatic heterocycles. The van der Waals surface area contributed by atoms with Gasteiger partial charge in [0.25, 0.3) is 5.91 Å². The Morgan fingerprint density at radius 2 is 1.90 bits per heavy atom. The maximum absolute atomic E-state index is 13.2. The molecule has 156 valence electrons. The Morgan fingerprint density at radius 3 is 2.74 bits per heavy atom. The van der Waals surface area contributed by atoms with Gasteiger partial charge in [0.15, 0.2) is 5.58 Å². The number of oxazole rings is 1. The molecule has 0 saturated carbocycles. The SMILES string of the molecule is COc1ccccc1-c1ccc2oc([C@@H]3CCCN3C(=O)c3ccccc3C)nc2c1. The van der Waals surface area contributed by atoms with E-state index in [9.17, 15) is 4.79 Å².